The number of carbonyl (C=O) groups is 1. The fraction of sp³-hybridized carbons (Fsp3) is 0.706. The summed E-state index contributed by atoms with van der Waals surface area (Å²) in [6.07, 6.45) is 7.59. The van der Waals surface area contributed by atoms with Crippen LogP contribution in [0.2, 0.25) is 0 Å². The molecule has 124 valence electrons. The van der Waals surface area contributed by atoms with Crippen molar-refractivity contribution < 1.29 is 9.53 Å². The second-order valence-corrected chi connectivity index (χ2v) is 6.87. The largest absolute Gasteiger partial charge is 0.377 e. The number of nitrogens with zero attached hydrogens (tertiary/aromatic N) is 4. The van der Waals surface area contributed by atoms with Gasteiger partial charge < -0.3 is 14.5 Å². The molecule has 23 heavy (non-hydrogen) atoms. The first-order valence-electron chi connectivity index (χ1n) is 8.72. The van der Waals surface area contributed by atoms with Crippen molar-refractivity contribution in [1.29, 1.82) is 0 Å². The van der Waals surface area contributed by atoms with E-state index < -0.39 is 0 Å². The van der Waals surface area contributed by atoms with Crippen LogP contribution in [0.4, 0.5) is 5.95 Å². The van der Waals surface area contributed by atoms with Crippen LogP contribution in [-0.4, -0.2) is 59.7 Å². The summed E-state index contributed by atoms with van der Waals surface area (Å²) >= 11 is 0. The average Bonchev–Trinajstić information content (AvgIpc) is 3.25. The second kappa shape index (κ2) is 6.43. The monoisotopic (exact) mass is 316 g/mol. The van der Waals surface area contributed by atoms with Gasteiger partial charge in [-0.2, -0.15) is 0 Å². The Morgan fingerprint density at radius 1 is 1.22 bits per heavy atom. The van der Waals surface area contributed by atoms with E-state index in [0.29, 0.717) is 18.3 Å². The lowest BCUT2D eigenvalue weighted by atomic mass is 9.83. The number of aromatic nitrogens is 2. The molecular weight excluding hydrogens is 292 g/mol. The van der Waals surface area contributed by atoms with Gasteiger partial charge in [0.25, 0.3) is 0 Å². The van der Waals surface area contributed by atoms with Crippen LogP contribution < -0.4 is 4.90 Å². The van der Waals surface area contributed by atoms with Crippen LogP contribution in [-0.2, 0) is 9.53 Å². The van der Waals surface area contributed by atoms with Crippen LogP contribution >= 0.6 is 0 Å². The van der Waals surface area contributed by atoms with Crippen molar-refractivity contribution in [1.82, 2.24) is 14.9 Å². The average molecular weight is 316 g/mol. The molecule has 4 heterocycles. The first-order valence-corrected chi connectivity index (χ1v) is 8.72. The van der Waals surface area contributed by atoms with Gasteiger partial charge in [-0.3, -0.25) is 4.79 Å². The lowest BCUT2D eigenvalue weighted by Crippen LogP contribution is -2.43. The summed E-state index contributed by atoms with van der Waals surface area (Å²) < 4.78 is 6.00. The molecule has 1 amide bonds. The molecule has 0 saturated carbocycles. The predicted octanol–water partition coefficient (Wildman–Crippen LogP) is 1.33. The molecule has 3 aliphatic rings. The molecule has 1 aromatic rings. The molecule has 0 aliphatic carbocycles. The number of rotatable bonds is 3. The number of anilines is 1. The number of hydrogen-bond acceptors (Lipinski definition) is 5. The molecule has 1 aromatic heterocycles. The smallest absolute Gasteiger partial charge is 0.225 e. The van der Waals surface area contributed by atoms with E-state index in [4.69, 9.17) is 4.74 Å². The number of fused-ring (bicyclic) bond motifs is 1. The molecule has 3 saturated heterocycles. The minimum Gasteiger partial charge on any atom is -0.377 e. The molecule has 0 bridgehead atoms. The summed E-state index contributed by atoms with van der Waals surface area (Å²) in [5.41, 5.74) is 0. The van der Waals surface area contributed by atoms with Crippen molar-refractivity contribution in [3.63, 3.8) is 0 Å². The standard InChI is InChI=1S/C17H24N4O2/c22-16(20-7-1-2-8-20)10-15-14-4-9-21(11-13(14)12-23-15)17-18-5-3-6-19-17/h3,5-6,13-15H,1-2,4,7-12H2/t13-,14-,15+/m1/s1. The summed E-state index contributed by atoms with van der Waals surface area (Å²) in [7, 11) is 0. The molecule has 6 nitrogen and oxygen atoms in total. The zero-order valence-electron chi connectivity index (χ0n) is 13.4. The van der Waals surface area contributed by atoms with Crippen LogP contribution in [0.5, 0.6) is 0 Å². The number of carbonyl (C=O) groups excluding carboxylic acids is 1. The van der Waals surface area contributed by atoms with Gasteiger partial charge >= 0.3 is 0 Å². The predicted molar refractivity (Wildman–Crippen MR) is 86.0 cm³/mol. The van der Waals surface area contributed by atoms with Gasteiger partial charge in [0.1, 0.15) is 0 Å². The van der Waals surface area contributed by atoms with Crippen LogP contribution in [0.1, 0.15) is 25.7 Å². The summed E-state index contributed by atoms with van der Waals surface area (Å²) in [6.45, 7) is 4.50. The Morgan fingerprint density at radius 2 is 2.00 bits per heavy atom. The highest BCUT2D eigenvalue weighted by molar-refractivity contribution is 5.77. The third kappa shape index (κ3) is 3.04. The Balaban J connectivity index is 1.35. The van der Waals surface area contributed by atoms with Crippen molar-refractivity contribution in [3.05, 3.63) is 18.5 Å². The number of likely N-dealkylation sites (tertiary alicyclic amines) is 1. The van der Waals surface area contributed by atoms with E-state index in [0.717, 1.165) is 58.0 Å². The van der Waals surface area contributed by atoms with Crippen molar-refractivity contribution in [2.75, 3.05) is 37.7 Å². The Hall–Kier alpha value is -1.69. The first-order chi connectivity index (χ1) is 11.3. The number of amides is 1. The highest BCUT2D eigenvalue weighted by Crippen LogP contribution is 2.37. The van der Waals surface area contributed by atoms with Gasteiger partial charge in [-0.25, -0.2) is 9.97 Å². The van der Waals surface area contributed by atoms with Crippen LogP contribution in [0.15, 0.2) is 18.5 Å². The quantitative estimate of drug-likeness (QED) is 0.842. The van der Waals surface area contributed by atoms with Crippen LogP contribution in [0.25, 0.3) is 0 Å². The maximum absolute atomic E-state index is 12.4. The van der Waals surface area contributed by atoms with Crippen LogP contribution in [0.3, 0.4) is 0 Å². The van der Waals surface area contributed by atoms with Gasteiger partial charge in [0.2, 0.25) is 11.9 Å². The first kappa shape index (κ1) is 14.9. The molecule has 3 atom stereocenters. The summed E-state index contributed by atoms with van der Waals surface area (Å²) in [5, 5.41) is 0. The van der Waals surface area contributed by atoms with Gasteiger partial charge in [-0.05, 0) is 31.2 Å². The van der Waals surface area contributed by atoms with Crippen molar-refractivity contribution in [2.45, 2.75) is 31.8 Å². The van der Waals surface area contributed by atoms with E-state index in [-0.39, 0.29) is 12.0 Å². The molecular formula is C17H24N4O2. The Bertz CT molecular complexity index is 547. The summed E-state index contributed by atoms with van der Waals surface area (Å²) in [4.78, 5) is 25.3. The Morgan fingerprint density at radius 3 is 2.78 bits per heavy atom. The van der Waals surface area contributed by atoms with E-state index in [1.165, 1.54) is 0 Å². The van der Waals surface area contributed by atoms with Gasteiger partial charge in [0.15, 0.2) is 0 Å². The normalized spacial score (nSPS) is 30.5. The lowest BCUT2D eigenvalue weighted by Gasteiger charge is -2.35. The minimum atomic E-state index is 0.104. The molecule has 3 fully saturated rings. The molecule has 0 N–H and O–H groups in total. The van der Waals surface area contributed by atoms with Crippen molar-refractivity contribution >= 4 is 11.9 Å². The lowest BCUT2D eigenvalue weighted by molar-refractivity contribution is -0.132. The molecule has 0 aromatic carbocycles. The molecule has 3 aliphatic heterocycles. The van der Waals surface area contributed by atoms with E-state index in [2.05, 4.69) is 14.9 Å². The van der Waals surface area contributed by atoms with Crippen molar-refractivity contribution in [3.8, 4) is 0 Å². The van der Waals surface area contributed by atoms with E-state index >= 15 is 0 Å². The second-order valence-electron chi connectivity index (χ2n) is 6.87. The third-order valence-corrected chi connectivity index (χ3v) is 5.46. The Kier molecular flexibility index (Phi) is 4.16. The fourth-order valence-electron chi connectivity index (χ4n) is 4.20. The third-order valence-electron chi connectivity index (χ3n) is 5.46. The molecule has 0 spiro atoms. The fourth-order valence-corrected chi connectivity index (χ4v) is 4.20. The highest BCUT2D eigenvalue weighted by Gasteiger charge is 2.42. The molecule has 4 rings (SSSR count). The van der Waals surface area contributed by atoms with E-state index in [1.54, 1.807) is 12.4 Å². The molecule has 6 heteroatoms. The number of hydrogen-bond donors (Lipinski definition) is 0. The SMILES string of the molecule is O=C(C[C@@H]1OC[C@H]2CN(c3ncccn3)CC[C@H]21)N1CCCC1. The number of piperidine rings is 1. The van der Waals surface area contributed by atoms with Gasteiger partial charge in [-0.15, -0.1) is 0 Å². The maximum Gasteiger partial charge on any atom is 0.225 e. The van der Waals surface area contributed by atoms with Crippen molar-refractivity contribution in [2.24, 2.45) is 11.8 Å². The zero-order chi connectivity index (χ0) is 15.6. The van der Waals surface area contributed by atoms with Gasteiger partial charge in [-0.1, -0.05) is 0 Å². The van der Waals surface area contributed by atoms with Crippen LogP contribution in [0, 0.1) is 11.8 Å². The number of ether oxygens (including phenoxy) is 1. The highest BCUT2D eigenvalue weighted by atomic mass is 16.5. The van der Waals surface area contributed by atoms with Gasteiger partial charge in [0.05, 0.1) is 19.1 Å². The van der Waals surface area contributed by atoms with E-state index in [1.807, 2.05) is 11.0 Å². The topological polar surface area (TPSA) is 58.6 Å². The summed E-state index contributed by atoms with van der Waals surface area (Å²) in [5.74, 6) is 2.08. The summed E-state index contributed by atoms with van der Waals surface area (Å²) in [6, 6.07) is 1.84. The Labute approximate surface area is 136 Å². The van der Waals surface area contributed by atoms with E-state index in [9.17, 15) is 4.79 Å². The molecule has 0 unspecified atom stereocenters. The van der Waals surface area contributed by atoms with Gasteiger partial charge in [0, 0.05) is 44.5 Å². The minimum absolute atomic E-state index is 0.104. The molecule has 0 radical (unpaired) electrons. The maximum atomic E-state index is 12.4. The zero-order valence-corrected chi connectivity index (χ0v) is 13.4.